The topological polar surface area (TPSA) is 86.8 Å². The Balaban J connectivity index is 2.05. The van der Waals surface area contributed by atoms with E-state index < -0.39 is 21.5 Å². The number of rotatable bonds is 7. The summed E-state index contributed by atoms with van der Waals surface area (Å²) in [5, 5.41) is 2.94. The summed E-state index contributed by atoms with van der Waals surface area (Å²) in [6.07, 6.45) is 0.782. The van der Waals surface area contributed by atoms with Crippen molar-refractivity contribution >= 4 is 27.5 Å². The van der Waals surface area contributed by atoms with Crippen LogP contribution in [0.1, 0.15) is 43.9 Å². The first-order valence-corrected chi connectivity index (χ1v) is 13.1. The van der Waals surface area contributed by atoms with Gasteiger partial charge in [0, 0.05) is 18.8 Å². The van der Waals surface area contributed by atoms with Crippen molar-refractivity contribution in [3.63, 3.8) is 0 Å². The molecule has 0 aliphatic carbocycles. The highest BCUT2D eigenvalue weighted by molar-refractivity contribution is 7.89. The largest absolute Gasteiger partial charge is 0.354 e. The number of hydrogen-bond donors (Lipinski definition) is 1. The Morgan fingerprint density at radius 2 is 1.74 bits per heavy atom. The predicted octanol–water partition coefficient (Wildman–Crippen LogP) is 3.57. The second kappa shape index (κ2) is 9.88. The van der Waals surface area contributed by atoms with Gasteiger partial charge >= 0.3 is 0 Å². The van der Waals surface area contributed by atoms with Crippen molar-refractivity contribution in [1.82, 2.24) is 9.62 Å². The zero-order chi connectivity index (χ0) is 25.3. The van der Waals surface area contributed by atoms with E-state index in [2.05, 4.69) is 19.2 Å². The second-order valence-electron chi connectivity index (χ2n) is 9.75. The third-order valence-electron chi connectivity index (χ3n) is 6.51. The molecule has 2 amide bonds. The zero-order valence-corrected chi connectivity index (χ0v) is 21.7. The molecule has 1 atom stereocenters. The molecule has 3 rings (SSSR count). The zero-order valence-electron chi connectivity index (χ0n) is 20.9. The monoisotopic (exact) mass is 485 g/mol. The molecule has 1 N–H and O–H groups in total. The van der Waals surface area contributed by atoms with Gasteiger partial charge in [-0.15, -0.1) is 0 Å². The summed E-state index contributed by atoms with van der Waals surface area (Å²) in [4.78, 5) is 28.7. The average molecular weight is 486 g/mol. The van der Waals surface area contributed by atoms with Crippen molar-refractivity contribution in [2.24, 2.45) is 5.92 Å². The second-order valence-corrected chi connectivity index (χ2v) is 11.7. The van der Waals surface area contributed by atoms with Crippen molar-refractivity contribution < 1.29 is 18.0 Å². The molecule has 2 aromatic carbocycles. The van der Waals surface area contributed by atoms with E-state index in [-0.39, 0.29) is 23.9 Å². The maximum atomic E-state index is 13.6. The molecule has 7 nitrogen and oxygen atoms in total. The summed E-state index contributed by atoms with van der Waals surface area (Å²) >= 11 is 0. The standard InChI is InChI=1S/C26H35N3O4S/c1-18(2)14-15-27-25(31)26(6)17-28(34(32,33)22-12-10-19(3)11-13-22)16-24(30)29(26)23-9-7-8-20(4)21(23)5/h7-13,18H,14-17H2,1-6H3,(H,27,31)/t26-/m1/s1. The van der Waals surface area contributed by atoms with E-state index in [4.69, 9.17) is 0 Å². The number of benzene rings is 2. The molecular weight excluding hydrogens is 450 g/mol. The number of nitrogens with zero attached hydrogens (tertiary/aromatic N) is 2. The van der Waals surface area contributed by atoms with E-state index in [1.54, 1.807) is 19.1 Å². The molecule has 184 valence electrons. The smallest absolute Gasteiger partial charge is 0.247 e. The molecular formula is C26H35N3O4S. The van der Waals surface area contributed by atoms with Gasteiger partial charge in [-0.2, -0.15) is 4.31 Å². The first-order chi connectivity index (χ1) is 15.9. The summed E-state index contributed by atoms with van der Waals surface area (Å²) in [5.41, 5.74) is 2.01. The van der Waals surface area contributed by atoms with E-state index in [0.29, 0.717) is 18.2 Å². The Morgan fingerprint density at radius 1 is 1.09 bits per heavy atom. The molecule has 1 aliphatic rings. The van der Waals surface area contributed by atoms with Gasteiger partial charge in [0.1, 0.15) is 5.54 Å². The third-order valence-corrected chi connectivity index (χ3v) is 8.32. The van der Waals surface area contributed by atoms with E-state index in [1.807, 2.05) is 39.0 Å². The molecule has 2 aromatic rings. The van der Waals surface area contributed by atoms with Crippen LogP contribution in [0.4, 0.5) is 5.69 Å². The van der Waals surface area contributed by atoms with Gasteiger partial charge in [-0.05, 0) is 69.4 Å². The van der Waals surface area contributed by atoms with Gasteiger partial charge in [-0.1, -0.05) is 43.7 Å². The van der Waals surface area contributed by atoms with Crippen LogP contribution in [0.3, 0.4) is 0 Å². The minimum absolute atomic E-state index is 0.105. The average Bonchev–Trinajstić information content (AvgIpc) is 2.76. The van der Waals surface area contributed by atoms with Crippen LogP contribution in [0, 0.1) is 26.7 Å². The third kappa shape index (κ3) is 5.03. The van der Waals surface area contributed by atoms with E-state index in [9.17, 15) is 18.0 Å². The molecule has 8 heteroatoms. The fraction of sp³-hybridized carbons (Fsp3) is 0.462. The Kier molecular flexibility index (Phi) is 7.53. The van der Waals surface area contributed by atoms with Crippen LogP contribution < -0.4 is 10.2 Å². The molecule has 0 spiro atoms. The molecule has 1 aliphatic heterocycles. The van der Waals surface area contributed by atoms with Gasteiger partial charge in [-0.25, -0.2) is 8.42 Å². The summed E-state index contributed by atoms with van der Waals surface area (Å²) in [6, 6.07) is 12.1. The number of sulfonamides is 1. The number of hydrogen-bond acceptors (Lipinski definition) is 4. The minimum Gasteiger partial charge on any atom is -0.354 e. The van der Waals surface area contributed by atoms with Gasteiger partial charge in [0.15, 0.2) is 0 Å². The van der Waals surface area contributed by atoms with Crippen LogP contribution >= 0.6 is 0 Å². The van der Waals surface area contributed by atoms with Gasteiger partial charge in [0.05, 0.1) is 11.4 Å². The van der Waals surface area contributed by atoms with E-state index in [0.717, 1.165) is 27.4 Å². The highest BCUT2D eigenvalue weighted by Crippen LogP contribution is 2.35. The lowest BCUT2D eigenvalue weighted by Gasteiger charge is -2.47. The number of carbonyl (C=O) groups excluding carboxylic acids is 2. The van der Waals surface area contributed by atoms with Gasteiger partial charge < -0.3 is 5.32 Å². The number of carbonyl (C=O) groups is 2. The normalized spacial score (nSPS) is 19.5. The SMILES string of the molecule is Cc1ccc(S(=O)(=O)N2CC(=O)N(c3cccc(C)c3C)[C@@](C)(C(=O)NCCC(C)C)C2)cc1. The first-order valence-electron chi connectivity index (χ1n) is 11.6. The molecule has 1 fully saturated rings. The number of anilines is 1. The van der Waals surface area contributed by atoms with Gasteiger partial charge in [-0.3, -0.25) is 14.5 Å². The number of nitrogens with one attached hydrogen (secondary N) is 1. The molecule has 0 saturated carbocycles. The Hall–Kier alpha value is -2.71. The lowest BCUT2D eigenvalue weighted by Crippen LogP contribution is -2.70. The van der Waals surface area contributed by atoms with Crippen molar-refractivity contribution in [3.8, 4) is 0 Å². The minimum atomic E-state index is -3.97. The maximum Gasteiger partial charge on any atom is 0.247 e. The van der Waals surface area contributed by atoms with E-state index >= 15 is 0 Å². The number of amides is 2. The highest BCUT2D eigenvalue weighted by Gasteiger charge is 2.51. The lowest BCUT2D eigenvalue weighted by molar-refractivity contribution is -0.132. The van der Waals surface area contributed by atoms with E-state index in [1.165, 1.54) is 17.0 Å². The fourth-order valence-electron chi connectivity index (χ4n) is 4.21. The molecule has 0 aromatic heterocycles. The van der Waals surface area contributed by atoms with Crippen LogP contribution in [-0.4, -0.2) is 49.7 Å². The Morgan fingerprint density at radius 3 is 2.35 bits per heavy atom. The van der Waals surface area contributed by atoms with Gasteiger partial charge in [0.25, 0.3) is 0 Å². The van der Waals surface area contributed by atoms with Crippen LogP contribution in [0.15, 0.2) is 47.4 Å². The molecule has 0 bridgehead atoms. The molecule has 1 heterocycles. The van der Waals surface area contributed by atoms with Crippen LogP contribution in [0.2, 0.25) is 0 Å². The van der Waals surface area contributed by atoms with Crippen molar-refractivity contribution in [3.05, 3.63) is 59.2 Å². The van der Waals surface area contributed by atoms with Crippen LogP contribution in [0.5, 0.6) is 0 Å². The van der Waals surface area contributed by atoms with Crippen molar-refractivity contribution in [2.75, 3.05) is 24.5 Å². The van der Waals surface area contributed by atoms with Crippen molar-refractivity contribution in [2.45, 2.75) is 58.4 Å². The van der Waals surface area contributed by atoms with Crippen LogP contribution in [0.25, 0.3) is 0 Å². The molecule has 34 heavy (non-hydrogen) atoms. The summed E-state index contributed by atoms with van der Waals surface area (Å²) in [5.74, 6) is -0.405. The molecule has 1 saturated heterocycles. The number of piperazine rings is 1. The summed E-state index contributed by atoms with van der Waals surface area (Å²) in [7, 11) is -3.97. The molecule has 0 unspecified atom stereocenters. The summed E-state index contributed by atoms with van der Waals surface area (Å²) < 4.78 is 28.0. The Labute approximate surface area is 203 Å². The van der Waals surface area contributed by atoms with Crippen LogP contribution in [-0.2, 0) is 19.6 Å². The number of aryl methyl sites for hydroxylation is 2. The highest BCUT2D eigenvalue weighted by atomic mass is 32.2. The lowest BCUT2D eigenvalue weighted by atomic mass is 9.92. The predicted molar refractivity (Wildman–Crippen MR) is 134 cm³/mol. The fourth-order valence-corrected chi connectivity index (χ4v) is 5.69. The quantitative estimate of drug-likeness (QED) is 0.650. The Bertz CT molecular complexity index is 1180. The van der Waals surface area contributed by atoms with Gasteiger partial charge in [0.2, 0.25) is 21.8 Å². The summed E-state index contributed by atoms with van der Waals surface area (Å²) in [6.45, 7) is 11.5. The van der Waals surface area contributed by atoms with Crippen molar-refractivity contribution in [1.29, 1.82) is 0 Å². The first kappa shape index (κ1) is 25.9. The maximum absolute atomic E-state index is 13.6. The molecule has 0 radical (unpaired) electrons.